The lowest BCUT2D eigenvalue weighted by Crippen LogP contribution is -2.56. The first kappa shape index (κ1) is 39.9. The number of hydrogen-bond donors (Lipinski definition) is 0. The van der Waals surface area contributed by atoms with Gasteiger partial charge >= 0.3 is 12.4 Å². The number of amides is 2. The Morgan fingerprint density at radius 1 is 0.765 bits per heavy atom. The van der Waals surface area contributed by atoms with E-state index in [9.17, 15) is 53.3 Å². The van der Waals surface area contributed by atoms with E-state index in [1.165, 1.54) is 18.2 Å². The van der Waals surface area contributed by atoms with Gasteiger partial charge in [-0.05, 0) is 62.6 Å². The third kappa shape index (κ3) is 8.94. The Balaban J connectivity index is 0.000000229. The molecule has 3 unspecified atom stereocenters. The molecule has 0 aliphatic carbocycles. The lowest BCUT2D eigenvalue weighted by Gasteiger charge is -2.39. The average Bonchev–Trinajstić information content (AvgIpc) is 3.57. The highest BCUT2D eigenvalue weighted by Gasteiger charge is 2.74. The van der Waals surface area contributed by atoms with Gasteiger partial charge in [-0.2, -0.15) is 26.3 Å². The Labute approximate surface area is 291 Å². The fourth-order valence-corrected chi connectivity index (χ4v) is 7.57. The van der Waals surface area contributed by atoms with Crippen LogP contribution >= 0.6 is 0 Å². The number of ether oxygens (including phenoxy) is 1. The van der Waals surface area contributed by atoms with Gasteiger partial charge in [0.1, 0.15) is 17.5 Å². The fourth-order valence-electron chi connectivity index (χ4n) is 6.15. The van der Waals surface area contributed by atoms with Crippen molar-refractivity contribution in [1.82, 2.24) is 9.80 Å². The molecule has 2 fully saturated rings. The highest BCUT2D eigenvalue weighted by Crippen LogP contribution is 2.55. The minimum Gasteiger partial charge on any atom is -0.346 e. The van der Waals surface area contributed by atoms with Crippen LogP contribution in [0.25, 0.3) is 0 Å². The van der Waals surface area contributed by atoms with E-state index in [-0.39, 0.29) is 28.8 Å². The molecule has 2 heterocycles. The second-order valence-corrected chi connectivity index (χ2v) is 13.9. The maximum absolute atomic E-state index is 13.8. The Morgan fingerprint density at radius 3 is 1.80 bits per heavy atom. The molecular weight excluding hydrogens is 715 g/mol. The molecule has 3 aromatic rings. The van der Waals surface area contributed by atoms with E-state index in [4.69, 9.17) is 0 Å². The minimum atomic E-state index is -5.94. The summed E-state index contributed by atoms with van der Waals surface area (Å²) in [6.07, 6.45) is -12.0. The molecule has 0 radical (unpaired) electrons. The van der Waals surface area contributed by atoms with Crippen molar-refractivity contribution in [2.75, 3.05) is 26.2 Å². The predicted octanol–water partition coefficient (Wildman–Crippen LogP) is 7.86. The van der Waals surface area contributed by atoms with E-state index in [0.29, 0.717) is 74.6 Å². The molecule has 3 atom stereocenters. The highest BCUT2D eigenvalue weighted by molar-refractivity contribution is 7.85. The van der Waals surface area contributed by atoms with E-state index in [1.54, 1.807) is 28.9 Å². The largest absolute Gasteiger partial charge is 0.430 e. The zero-order valence-electron chi connectivity index (χ0n) is 27.4. The lowest BCUT2D eigenvalue weighted by atomic mass is 9.91. The van der Waals surface area contributed by atoms with Gasteiger partial charge in [-0.15, -0.1) is 0 Å². The third-order valence-electron chi connectivity index (χ3n) is 8.83. The van der Waals surface area contributed by atoms with Crippen LogP contribution in [0.5, 0.6) is 0 Å². The Hall–Kier alpha value is -3.92. The molecule has 51 heavy (non-hydrogen) atoms. The van der Waals surface area contributed by atoms with Gasteiger partial charge in [0.2, 0.25) is 11.8 Å². The summed E-state index contributed by atoms with van der Waals surface area (Å²) in [6.45, 7) is 4.63. The van der Waals surface area contributed by atoms with Gasteiger partial charge in [-0.25, -0.2) is 13.2 Å². The van der Waals surface area contributed by atoms with Crippen molar-refractivity contribution in [3.05, 3.63) is 101 Å². The first-order valence-electron chi connectivity index (χ1n) is 15.9. The molecule has 3 aromatic carbocycles. The van der Waals surface area contributed by atoms with Gasteiger partial charge in [0.15, 0.2) is 0 Å². The van der Waals surface area contributed by atoms with Gasteiger partial charge in [0.25, 0.3) is 5.60 Å². The molecule has 2 saturated heterocycles. The number of hydrogen-bond acceptors (Lipinski definition) is 4. The third-order valence-corrected chi connectivity index (χ3v) is 10.6. The molecule has 0 saturated carbocycles. The zero-order valence-corrected chi connectivity index (χ0v) is 28.3. The molecule has 0 bridgehead atoms. The molecule has 0 N–H and O–H groups in total. The molecule has 2 amide bonds. The number of rotatable bonds is 7. The molecular formula is C35H35F9N2O4S. The maximum Gasteiger partial charge on any atom is 0.430 e. The Morgan fingerprint density at radius 2 is 1.29 bits per heavy atom. The van der Waals surface area contributed by atoms with Crippen molar-refractivity contribution in [3.63, 3.8) is 0 Å². The number of halogens is 9. The average molecular weight is 751 g/mol. The van der Waals surface area contributed by atoms with Gasteiger partial charge in [-0.3, -0.25) is 13.8 Å². The summed E-state index contributed by atoms with van der Waals surface area (Å²) < 4.78 is 139. The number of alkyl halides is 6. The second kappa shape index (κ2) is 16.2. The molecule has 5 rings (SSSR count). The zero-order chi connectivity index (χ0) is 37.7. The Bertz CT molecular complexity index is 1640. The second-order valence-electron chi connectivity index (χ2n) is 12.2. The van der Waals surface area contributed by atoms with Gasteiger partial charge in [0.05, 0.1) is 27.7 Å². The summed E-state index contributed by atoms with van der Waals surface area (Å²) in [5.74, 6) is -2.86. The van der Waals surface area contributed by atoms with Crippen LogP contribution in [0.4, 0.5) is 39.5 Å². The summed E-state index contributed by atoms with van der Waals surface area (Å²) in [6, 6.07) is 12.4. The van der Waals surface area contributed by atoms with Crippen molar-refractivity contribution < 1.29 is 58.0 Å². The molecule has 0 aromatic heterocycles. The molecule has 16 heteroatoms. The van der Waals surface area contributed by atoms with E-state index < -0.39 is 57.6 Å². The summed E-state index contributed by atoms with van der Waals surface area (Å²) >= 11 is 0. The van der Waals surface area contributed by atoms with Gasteiger partial charge < -0.3 is 14.5 Å². The molecule has 278 valence electrons. The summed E-state index contributed by atoms with van der Waals surface area (Å²) in [4.78, 5) is 28.3. The van der Waals surface area contributed by atoms with Crippen LogP contribution in [0.3, 0.4) is 0 Å². The highest BCUT2D eigenvalue weighted by atomic mass is 32.2. The van der Waals surface area contributed by atoms with Crippen molar-refractivity contribution in [2.45, 2.75) is 67.3 Å². The first-order valence-corrected chi connectivity index (χ1v) is 17.1. The van der Waals surface area contributed by atoms with E-state index in [1.807, 2.05) is 0 Å². The standard InChI is InChI=1S/C18H23FN2O3S.C17H12F8O/c1-13(22)20-9-6-14(7-10-20)18(23)21-11-8-17(12-21)25(24)16-4-2-15(19)3-5-16;1-10(14-12(18)8-5-9-13(14)19)26-15(16(20,21)22,17(23,24)25)11-6-3-2-4-7-11/h2-5,14,17H,6-12H2,1H3;2-10H,1H3. The maximum atomic E-state index is 13.8. The number of nitrogens with zero attached hydrogens (tertiary/aromatic N) is 2. The number of carbonyl (C=O) groups excluding carboxylic acids is 2. The Kier molecular flexibility index (Phi) is 12.6. The smallest absolute Gasteiger partial charge is 0.346 e. The van der Waals surface area contributed by atoms with Crippen LogP contribution in [0.2, 0.25) is 0 Å². The molecule has 6 nitrogen and oxygen atoms in total. The first-order chi connectivity index (χ1) is 23.9. The van der Waals surface area contributed by atoms with Crippen molar-refractivity contribution >= 4 is 22.6 Å². The van der Waals surface area contributed by atoms with E-state index in [2.05, 4.69) is 4.74 Å². The van der Waals surface area contributed by atoms with Crippen molar-refractivity contribution in [1.29, 1.82) is 0 Å². The van der Waals surface area contributed by atoms with Crippen LogP contribution in [0.15, 0.2) is 77.7 Å². The molecule has 0 spiro atoms. The van der Waals surface area contributed by atoms with E-state index in [0.717, 1.165) is 25.1 Å². The van der Waals surface area contributed by atoms with E-state index >= 15 is 0 Å². The number of likely N-dealkylation sites (tertiary alicyclic amines) is 2. The fraction of sp³-hybridized carbons (Fsp3) is 0.429. The van der Waals surface area contributed by atoms with Gasteiger partial charge in [-0.1, -0.05) is 36.4 Å². The van der Waals surface area contributed by atoms with Crippen LogP contribution in [-0.2, 0) is 30.7 Å². The van der Waals surface area contributed by atoms with Crippen molar-refractivity contribution in [3.8, 4) is 0 Å². The molecule has 2 aliphatic heterocycles. The lowest BCUT2D eigenvalue weighted by molar-refractivity contribution is -0.399. The predicted molar refractivity (Wildman–Crippen MR) is 169 cm³/mol. The minimum absolute atomic E-state index is 0.0476. The number of piperidine rings is 1. The van der Waals surface area contributed by atoms with Crippen molar-refractivity contribution in [2.24, 2.45) is 5.92 Å². The van der Waals surface area contributed by atoms with Crippen LogP contribution < -0.4 is 0 Å². The summed E-state index contributed by atoms with van der Waals surface area (Å²) in [5.41, 5.74) is -7.03. The monoisotopic (exact) mass is 750 g/mol. The quantitative estimate of drug-likeness (QED) is 0.231. The van der Waals surface area contributed by atoms with Crippen LogP contribution in [0.1, 0.15) is 50.3 Å². The number of benzene rings is 3. The summed E-state index contributed by atoms with van der Waals surface area (Å²) in [7, 11) is -1.23. The van der Waals surface area contributed by atoms with Crippen LogP contribution in [0, 0.1) is 23.4 Å². The SMILES string of the molecule is CC(=O)N1CCC(C(=O)N2CCC(S(=O)c3ccc(F)cc3)C2)CC1.CC(OC(c1ccccc1)(C(F)(F)F)C(F)(F)F)c1c(F)cccc1F. The van der Waals surface area contributed by atoms with Gasteiger partial charge in [0, 0.05) is 49.5 Å². The summed E-state index contributed by atoms with van der Waals surface area (Å²) in [5, 5.41) is -0.105. The normalized spacial score (nSPS) is 18.5. The topological polar surface area (TPSA) is 66.9 Å². The molecule has 2 aliphatic rings. The van der Waals surface area contributed by atoms with Crippen LogP contribution in [-0.4, -0.2) is 69.6 Å². The number of carbonyl (C=O) groups is 2.